The molecule has 3 aliphatic rings. The van der Waals surface area contributed by atoms with Gasteiger partial charge in [0, 0.05) is 30.0 Å². The second-order valence-electron chi connectivity index (χ2n) is 6.35. The third-order valence-corrected chi connectivity index (χ3v) is 5.74. The minimum absolute atomic E-state index is 0.0938. The lowest BCUT2D eigenvalue weighted by Gasteiger charge is -2.22. The molecule has 114 valence electrons. The molecule has 1 saturated heterocycles. The minimum atomic E-state index is -0.0938. The average molecular weight is 354 g/mol. The van der Waals surface area contributed by atoms with E-state index in [9.17, 15) is 5.11 Å². The fourth-order valence-corrected chi connectivity index (χ4v) is 4.37. The third kappa shape index (κ3) is 2.56. The summed E-state index contributed by atoms with van der Waals surface area (Å²) < 4.78 is 12.3. The SMILES string of the molecule is OC1CCC2CN(Cc3cc4c(cc3Br)OCCO4)CC12. The van der Waals surface area contributed by atoms with Crippen LogP contribution in [0, 0.1) is 11.8 Å². The summed E-state index contributed by atoms with van der Waals surface area (Å²) in [5.74, 6) is 2.82. The molecular weight excluding hydrogens is 334 g/mol. The van der Waals surface area contributed by atoms with E-state index in [4.69, 9.17) is 9.47 Å². The van der Waals surface area contributed by atoms with E-state index in [1.54, 1.807) is 0 Å². The number of aliphatic hydroxyl groups is 1. The molecule has 0 aromatic heterocycles. The topological polar surface area (TPSA) is 41.9 Å². The number of hydrogen-bond donors (Lipinski definition) is 1. The van der Waals surface area contributed by atoms with Gasteiger partial charge in [-0.05, 0) is 36.5 Å². The van der Waals surface area contributed by atoms with Crippen LogP contribution in [0.4, 0.5) is 0 Å². The van der Waals surface area contributed by atoms with E-state index in [0.717, 1.165) is 42.0 Å². The molecule has 1 saturated carbocycles. The predicted molar refractivity (Wildman–Crippen MR) is 82.6 cm³/mol. The third-order valence-electron chi connectivity index (χ3n) is 5.00. The van der Waals surface area contributed by atoms with E-state index in [0.29, 0.717) is 25.0 Å². The number of rotatable bonds is 2. The maximum Gasteiger partial charge on any atom is 0.162 e. The van der Waals surface area contributed by atoms with E-state index >= 15 is 0 Å². The van der Waals surface area contributed by atoms with Gasteiger partial charge >= 0.3 is 0 Å². The van der Waals surface area contributed by atoms with Crippen LogP contribution in [0.2, 0.25) is 0 Å². The van der Waals surface area contributed by atoms with Crippen LogP contribution in [0.1, 0.15) is 18.4 Å². The van der Waals surface area contributed by atoms with Crippen molar-refractivity contribution in [3.05, 3.63) is 22.2 Å². The Balaban J connectivity index is 1.50. The number of nitrogens with zero attached hydrogens (tertiary/aromatic N) is 1. The van der Waals surface area contributed by atoms with Gasteiger partial charge in [-0.15, -0.1) is 0 Å². The minimum Gasteiger partial charge on any atom is -0.486 e. The number of halogens is 1. The molecule has 4 rings (SSSR count). The normalized spacial score (nSPS) is 31.4. The number of fused-ring (bicyclic) bond motifs is 2. The molecule has 0 bridgehead atoms. The quantitative estimate of drug-likeness (QED) is 0.886. The smallest absolute Gasteiger partial charge is 0.162 e. The lowest BCUT2D eigenvalue weighted by atomic mass is 10.00. The first-order valence-corrected chi connectivity index (χ1v) is 8.48. The Morgan fingerprint density at radius 2 is 1.90 bits per heavy atom. The molecule has 1 aliphatic carbocycles. The lowest BCUT2D eigenvalue weighted by Crippen LogP contribution is -2.24. The van der Waals surface area contributed by atoms with Gasteiger partial charge in [0.2, 0.25) is 0 Å². The predicted octanol–water partition coefficient (Wildman–Crippen LogP) is 2.42. The van der Waals surface area contributed by atoms with Crippen LogP contribution in [-0.4, -0.2) is 42.4 Å². The Hall–Kier alpha value is -0.780. The van der Waals surface area contributed by atoms with Crippen LogP contribution in [0.5, 0.6) is 11.5 Å². The molecule has 0 spiro atoms. The second kappa shape index (κ2) is 5.45. The van der Waals surface area contributed by atoms with Crippen molar-refractivity contribution in [2.75, 3.05) is 26.3 Å². The Bertz CT molecular complexity index is 551. The van der Waals surface area contributed by atoms with E-state index in [1.165, 1.54) is 12.0 Å². The van der Waals surface area contributed by atoms with Crippen LogP contribution in [0.3, 0.4) is 0 Å². The molecule has 21 heavy (non-hydrogen) atoms. The molecule has 2 heterocycles. The molecule has 2 aliphatic heterocycles. The van der Waals surface area contributed by atoms with Gasteiger partial charge in [0.1, 0.15) is 13.2 Å². The van der Waals surface area contributed by atoms with Gasteiger partial charge in [-0.25, -0.2) is 0 Å². The number of ether oxygens (including phenoxy) is 2. The second-order valence-corrected chi connectivity index (χ2v) is 7.20. The maximum atomic E-state index is 10.0. The van der Waals surface area contributed by atoms with Gasteiger partial charge < -0.3 is 14.6 Å². The lowest BCUT2D eigenvalue weighted by molar-refractivity contribution is 0.123. The van der Waals surface area contributed by atoms with Crippen molar-refractivity contribution in [1.29, 1.82) is 0 Å². The molecule has 3 unspecified atom stereocenters. The first-order chi connectivity index (χ1) is 10.2. The zero-order chi connectivity index (χ0) is 14.4. The highest BCUT2D eigenvalue weighted by molar-refractivity contribution is 9.10. The van der Waals surface area contributed by atoms with Crippen molar-refractivity contribution in [2.45, 2.75) is 25.5 Å². The Morgan fingerprint density at radius 3 is 2.67 bits per heavy atom. The van der Waals surface area contributed by atoms with Crippen LogP contribution in [0.25, 0.3) is 0 Å². The Morgan fingerprint density at radius 1 is 1.14 bits per heavy atom. The molecule has 1 aromatic rings. The van der Waals surface area contributed by atoms with E-state index < -0.39 is 0 Å². The van der Waals surface area contributed by atoms with E-state index in [2.05, 4.69) is 26.9 Å². The van der Waals surface area contributed by atoms with E-state index in [1.807, 2.05) is 6.07 Å². The van der Waals surface area contributed by atoms with Crippen molar-refractivity contribution >= 4 is 15.9 Å². The van der Waals surface area contributed by atoms with Gasteiger partial charge in [0.25, 0.3) is 0 Å². The number of hydrogen-bond acceptors (Lipinski definition) is 4. The molecule has 3 atom stereocenters. The van der Waals surface area contributed by atoms with Crippen LogP contribution in [-0.2, 0) is 6.54 Å². The summed E-state index contributed by atoms with van der Waals surface area (Å²) in [5, 5.41) is 10.0. The largest absolute Gasteiger partial charge is 0.486 e. The van der Waals surface area contributed by atoms with Gasteiger partial charge in [-0.3, -0.25) is 4.90 Å². The van der Waals surface area contributed by atoms with Gasteiger partial charge in [-0.2, -0.15) is 0 Å². The summed E-state index contributed by atoms with van der Waals surface area (Å²) in [6.07, 6.45) is 2.06. The van der Waals surface area contributed by atoms with Gasteiger partial charge in [0.15, 0.2) is 11.5 Å². The molecule has 4 nitrogen and oxygen atoms in total. The van der Waals surface area contributed by atoms with Crippen molar-refractivity contribution in [3.8, 4) is 11.5 Å². The molecular formula is C16H20BrNO3. The zero-order valence-corrected chi connectivity index (χ0v) is 13.5. The number of benzene rings is 1. The Kier molecular flexibility index (Phi) is 3.59. The van der Waals surface area contributed by atoms with Gasteiger partial charge in [-0.1, -0.05) is 15.9 Å². The highest BCUT2D eigenvalue weighted by Crippen LogP contribution is 2.40. The first-order valence-electron chi connectivity index (χ1n) is 7.69. The highest BCUT2D eigenvalue weighted by atomic mass is 79.9. The van der Waals surface area contributed by atoms with Crippen molar-refractivity contribution in [3.63, 3.8) is 0 Å². The van der Waals surface area contributed by atoms with E-state index in [-0.39, 0.29) is 6.10 Å². The molecule has 0 radical (unpaired) electrons. The summed E-state index contributed by atoms with van der Waals surface area (Å²) >= 11 is 3.64. The maximum absolute atomic E-state index is 10.0. The first kappa shape index (κ1) is 13.9. The number of aliphatic hydroxyl groups excluding tert-OH is 1. The summed E-state index contributed by atoms with van der Waals surface area (Å²) in [6, 6.07) is 4.10. The van der Waals surface area contributed by atoms with Crippen molar-refractivity contribution in [1.82, 2.24) is 4.90 Å². The van der Waals surface area contributed by atoms with Crippen molar-refractivity contribution in [2.24, 2.45) is 11.8 Å². The average Bonchev–Trinajstić information content (AvgIpc) is 3.02. The van der Waals surface area contributed by atoms with Crippen LogP contribution < -0.4 is 9.47 Å². The summed E-state index contributed by atoms with van der Waals surface area (Å²) in [5.41, 5.74) is 1.23. The standard InChI is InChI=1S/C16H20BrNO3/c17-13-6-16-15(20-3-4-21-16)5-11(13)8-18-7-10-1-2-14(19)12(10)9-18/h5-6,10,12,14,19H,1-4,7-9H2. The molecule has 1 N–H and O–H groups in total. The summed E-state index contributed by atoms with van der Waals surface area (Å²) in [4.78, 5) is 2.45. The van der Waals surface area contributed by atoms with Crippen LogP contribution >= 0.6 is 15.9 Å². The summed E-state index contributed by atoms with van der Waals surface area (Å²) in [6.45, 7) is 4.24. The fourth-order valence-electron chi connectivity index (χ4n) is 3.93. The molecule has 5 heteroatoms. The summed E-state index contributed by atoms with van der Waals surface area (Å²) in [7, 11) is 0. The van der Waals surface area contributed by atoms with Crippen LogP contribution in [0.15, 0.2) is 16.6 Å². The fraction of sp³-hybridized carbons (Fsp3) is 0.625. The van der Waals surface area contributed by atoms with Gasteiger partial charge in [0.05, 0.1) is 6.10 Å². The monoisotopic (exact) mass is 353 g/mol. The number of likely N-dealkylation sites (tertiary alicyclic amines) is 1. The molecule has 1 aromatic carbocycles. The highest BCUT2D eigenvalue weighted by Gasteiger charge is 2.41. The zero-order valence-electron chi connectivity index (χ0n) is 11.9. The van der Waals surface area contributed by atoms with Crippen molar-refractivity contribution < 1.29 is 14.6 Å². The molecule has 0 amide bonds. The Labute approximate surface area is 133 Å². The molecule has 2 fully saturated rings.